The Kier molecular flexibility index (Phi) is 6.93. The monoisotopic (exact) mass is 287 g/mol. The predicted octanol–water partition coefficient (Wildman–Crippen LogP) is 2.11. The van der Waals surface area contributed by atoms with Gasteiger partial charge >= 0.3 is 6.61 Å². The number of nitrogens with one attached hydrogen (secondary N) is 1. The van der Waals surface area contributed by atoms with Crippen LogP contribution in [0.1, 0.15) is 25.3 Å². The third-order valence-electron chi connectivity index (χ3n) is 2.85. The molecule has 0 aliphatic carbocycles. The molecule has 1 amide bonds. The first kappa shape index (κ1) is 16.4. The van der Waals surface area contributed by atoms with Crippen LogP contribution in [-0.4, -0.2) is 30.3 Å². The van der Waals surface area contributed by atoms with Crippen LogP contribution in [0.15, 0.2) is 24.3 Å². The van der Waals surface area contributed by atoms with Crippen LogP contribution >= 0.6 is 0 Å². The summed E-state index contributed by atoms with van der Waals surface area (Å²) < 4.78 is 28.2. The fourth-order valence-electron chi connectivity index (χ4n) is 1.79. The third-order valence-corrected chi connectivity index (χ3v) is 2.85. The number of amides is 1. The molecule has 4 nitrogen and oxygen atoms in total. The normalized spacial score (nSPS) is 12.2. The van der Waals surface area contributed by atoms with Crippen LogP contribution in [0.5, 0.6) is 5.75 Å². The second kappa shape index (κ2) is 8.47. The summed E-state index contributed by atoms with van der Waals surface area (Å²) in [6, 6.07) is 5.91. The number of alkyl halides is 2. The average Bonchev–Trinajstić information content (AvgIpc) is 2.40. The average molecular weight is 287 g/mol. The number of hydrogen-bond donors (Lipinski definition) is 2. The minimum atomic E-state index is -2.85. The van der Waals surface area contributed by atoms with E-state index in [9.17, 15) is 13.6 Å². The topological polar surface area (TPSA) is 58.6 Å². The van der Waals surface area contributed by atoms with Crippen LogP contribution < -0.4 is 10.1 Å². The van der Waals surface area contributed by atoms with Crippen LogP contribution in [0.25, 0.3) is 0 Å². The Morgan fingerprint density at radius 2 is 2.00 bits per heavy atom. The van der Waals surface area contributed by atoms with E-state index >= 15 is 0 Å². The SMILES string of the molecule is CCC(CCO)NC(=O)Cc1ccc(OC(F)F)cc1. The Balaban J connectivity index is 2.49. The summed E-state index contributed by atoms with van der Waals surface area (Å²) >= 11 is 0. The van der Waals surface area contributed by atoms with Crippen LogP contribution in [-0.2, 0) is 11.2 Å². The fraction of sp³-hybridized carbons (Fsp3) is 0.500. The van der Waals surface area contributed by atoms with Gasteiger partial charge in [0.25, 0.3) is 0 Å². The number of aliphatic hydroxyl groups is 1. The van der Waals surface area contributed by atoms with Gasteiger partial charge in [-0.25, -0.2) is 0 Å². The highest BCUT2D eigenvalue weighted by atomic mass is 19.3. The lowest BCUT2D eigenvalue weighted by Gasteiger charge is -2.15. The van der Waals surface area contributed by atoms with Gasteiger partial charge in [-0.3, -0.25) is 4.79 Å². The summed E-state index contributed by atoms with van der Waals surface area (Å²) in [6.07, 6.45) is 1.42. The van der Waals surface area contributed by atoms with Gasteiger partial charge in [0.2, 0.25) is 5.91 Å². The fourth-order valence-corrected chi connectivity index (χ4v) is 1.79. The summed E-state index contributed by atoms with van der Waals surface area (Å²) in [7, 11) is 0. The minimum Gasteiger partial charge on any atom is -0.435 e. The summed E-state index contributed by atoms with van der Waals surface area (Å²) in [5.74, 6) is -0.0938. The highest BCUT2D eigenvalue weighted by molar-refractivity contribution is 5.78. The van der Waals surface area contributed by atoms with Gasteiger partial charge in [-0.05, 0) is 30.5 Å². The Morgan fingerprint density at radius 3 is 2.50 bits per heavy atom. The summed E-state index contributed by atoms with van der Waals surface area (Å²) in [5.41, 5.74) is 0.711. The lowest BCUT2D eigenvalue weighted by atomic mass is 10.1. The lowest BCUT2D eigenvalue weighted by molar-refractivity contribution is -0.121. The van der Waals surface area contributed by atoms with Gasteiger partial charge < -0.3 is 15.2 Å². The van der Waals surface area contributed by atoms with Gasteiger partial charge in [-0.2, -0.15) is 8.78 Å². The molecule has 0 saturated heterocycles. The Hall–Kier alpha value is -1.69. The Bertz CT molecular complexity index is 409. The van der Waals surface area contributed by atoms with Crippen molar-refractivity contribution in [1.82, 2.24) is 5.32 Å². The van der Waals surface area contributed by atoms with E-state index in [4.69, 9.17) is 5.11 Å². The van der Waals surface area contributed by atoms with E-state index in [1.165, 1.54) is 12.1 Å². The molecule has 0 spiro atoms. The lowest BCUT2D eigenvalue weighted by Crippen LogP contribution is -2.36. The van der Waals surface area contributed by atoms with E-state index in [0.717, 1.165) is 6.42 Å². The number of hydrogen-bond acceptors (Lipinski definition) is 3. The van der Waals surface area contributed by atoms with Gasteiger partial charge in [-0.15, -0.1) is 0 Å². The summed E-state index contributed by atoms with van der Waals surface area (Å²) in [4.78, 5) is 11.8. The first-order valence-corrected chi connectivity index (χ1v) is 6.49. The highest BCUT2D eigenvalue weighted by Crippen LogP contribution is 2.15. The standard InChI is InChI=1S/C14H19F2NO3/c1-2-11(7-8-18)17-13(19)9-10-3-5-12(6-4-10)20-14(15)16/h3-6,11,14,18H,2,7-9H2,1H3,(H,17,19). The summed E-state index contributed by atoms with van der Waals surface area (Å²) in [5, 5.41) is 11.7. The van der Waals surface area contributed by atoms with Crippen molar-refractivity contribution < 1.29 is 23.4 Å². The zero-order chi connectivity index (χ0) is 15.0. The van der Waals surface area contributed by atoms with Crippen LogP contribution in [0.4, 0.5) is 8.78 Å². The third kappa shape index (κ3) is 5.97. The summed E-state index contributed by atoms with van der Waals surface area (Å²) in [6.45, 7) is -0.900. The number of benzene rings is 1. The molecule has 1 aromatic carbocycles. The number of halogens is 2. The molecule has 0 bridgehead atoms. The number of aliphatic hydroxyl groups excluding tert-OH is 1. The highest BCUT2D eigenvalue weighted by Gasteiger charge is 2.11. The molecule has 1 atom stereocenters. The molecule has 0 aromatic heterocycles. The van der Waals surface area contributed by atoms with Crippen molar-refractivity contribution in [3.05, 3.63) is 29.8 Å². The molecule has 6 heteroatoms. The van der Waals surface area contributed by atoms with Crippen molar-refractivity contribution in [1.29, 1.82) is 0 Å². The van der Waals surface area contributed by atoms with Gasteiger partial charge in [0.15, 0.2) is 0 Å². The van der Waals surface area contributed by atoms with Crippen LogP contribution in [0, 0.1) is 0 Å². The number of ether oxygens (including phenoxy) is 1. The van der Waals surface area contributed by atoms with Crippen molar-refractivity contribution in [3.8, 4) is 5.75 Å². The molecule has 0 fully saturated rings. The van der Waals surface area contributed by atoms with Crippen LogP contribution in [0.3, 0.4) is 0 Å². The minimum absolute atomic E-state index is 0.0262. The van der Waals surface area contributed by atoms with E-state index < -0.39 is 6.61 Å². The first-order chi connectivity index (χ1) is 9.55. The molecule has 1 unspecified atom stereocenters. The van der Waals surface area contributed by atoms with Crippen molar-refractivity contribution in [2.45, 2.75) is 38.8 Å². The molecule has 0 aliphatic heterocycles. The van der Waals surface area contributed by atoms with E-state index in [1.807, 2.05) is 6.92 Å². The maximum absolute atomic E-state index is 12.0. The molecule has 2 N–H and O–H groups in total. The molecule has 1 aromatic rings. The number of rotatable bonds is 8. The number of carbonyl (C=O) groups is 1. The quantitative estimate of drug-likeness (QED) is 0.770. The van der Waals surface area contributed by atoms with E-state index in [-0.39, 0.29) is 30.7 Å². The van der Waals surface area contributed by atoms with Crippen molar-refractivity contribution in [2.75, 3.05) is 6.61 Å². The van der Waals surface area contributed by atoms with Crippen LogP contribution in [0.2, 0.25) is 0 Å². The molecular formula is C14H19F2NO3. The molecule has 112 valence electrons. The predicted molar refractivity (Wildman–Crippen MR) is 70.7 cm³/mol. The van der Waals surface area contributed by atoms with Crippen molar-refractivity contribution in [2.24, 2.45) is 0 Å². The van der Waals surface area contributed by atoms with Crippen molar-refractivity contribution in [3.63, 3.8) is 0 Å². The molecule has 0 heterocycles. The zero-order valence-electron chi connectivity index (χ0n) is 11.3. The maximum Gasteiger partial charge on any atom is 0.387 e. The van der Waals surface area contributed by atoms with Crippen molar-refractivity contribution >= 4 is 5.91 Å². The smallest absolute Gasteiger partial charge is 0.387 e. The van der Waals surface area contributed by atoms with E-state index in [1.54, 1.807) is 12.1 Å². The number of carbonyl (C=O) groups excluding carboxylic acids is 1. The zero-order valence-corrected chi connectivity index (χ0v) is 11.3. The molecule has 0 radical (unpaired) electrons. The molecule has 0 aliphatic rings. The Labute approximate surface area is 116 Å². The van der Waals surface area contributed by atoms with Gasteiger partial charge in [0.05, 0.1) is 6.42 Å². The Morgan fingerprint density at radius 1 is 1.35 bits per heavy atom. The van der Waals surface area contributed by atoms with Gasteiger partial charge in [-0.1, -0.05) is 19.1 Å². The molecule has 20 heavy (non-hydrogen) atoms. The maximum atomic E-state index is 12.0. The van der Waals surface area contributed by atoms with E-state index in [0.29, 0.717) is 12.0 Å². The largest absolute Gasteiger partial charge is 0.435 e. The first-order valence-electron chi connectivity index (χ1n) is 6.49. The molecule has 1 rings (SSSR count). The molecular weight excluding hydrogens is 268 g/mol. The molecule has 0 saturated carbocycles. The van der Waals surface area contributed by atoms with Gasteiger partial charge in [0.1, 0.15) is 5.75 Å². The van der Waals surface area contributed by atoms with Gasteiger partial charge in [0, 0.05) is 12.6 Å². The second-order valence-corrected chi connectivity index (χ2v) is 4.38. The second-order valence-electron chi connectivity index (χ2n) is 4.38. The van der Waals surface area contributed by atoms with E-state index in [2.05, 4.69) is 10.1 Å².